The molecule has 0 unspecified atom stereocenters. The van der Waals surface area contributed by atoms with Crippen LogP contribution in [0, 0.1) is 11.3 Å². The first kappa shape index (κ1) is 28.5. The third-order valence-electron chi connectivity index (χ3n) is 4.34. The van der Waals surface area contributed by atoms with Crippen molar-refractivity contribution in [1.29, 1.82) is 0 Å². The molecule has 0 N–H and O–H groups in total. The van der Waals surface area contributed by atoms with Gasteiger partial charge in [0.25, 0.3) is 0 Å². The Labute approximate surface area is 160 Å². The smallest absolute Gasteiger partial charge is 0.0323 e. The second kappa shape index (κ2) is 19.0. The zero-order chi connectivity index (χ0) is 20.3. The SMILES string of the molecule is C=C/C(C)=C(C)/C=C/C=C\C=C/C.CC.CC.CCC1(C)CC(C)C1. The van der Waals surface area contributed by atoms with E-state index in [1.165, 1.54) is 30.4 Å². The third kappa shape index (κ3) is 15.9. The molecule has 0 saturated heterocycles. The molecule has 0 heteroatoms. The topological polar surface area (TPSA) is 0 Å². The van der Waals surface area contributed by atoms with Gasteiger partial charge in [-0.25, -0.2) is 0 Å². The van der Waals surface area contributed by atoms with E-state index in [9.17, 15) is 0 Å². The minimum absolute atomic E-state index is 0.736. The van der Waals surface area contributed by atoms with Crippen molar-refractivity contribution in [2.45, 2.75) is 88.5 Å². The molecule has 1 aliphatic rings. The van der Waals surface area contributed by atoms with E-state index in [1.807, 2.05) is 71.1 Å². The maximum absolute atomic E-state index is 3.72. The Kier molecular flexibility index (Phi) is 21.7. The van der Waals surface area contributed by atoms with E-state index in [0.29, 0.717) is 0 Å². The highest BCUT2D eigenvalue weighted by molar-refractivity contribution is 5.30. The van der Waals surface area contributed by atoms with E-state index in [1.54, 1.807) is 0 Å². The molecule has 0 nitrogen and oxygen atoms in total. The lowest BCUT2D eigenvalue weighted by molar-refractivity contribution is 0.0836. The van der Waals surface area contributed by atoms with Crippen molar-refractivity contribution in [1.82, 2.24) is 0 Å². The van der Waals surface area contributed by atoms with Crippen molar-refractivity contribution in [3.05, 3.63) is 60.3 Å². The maximum atomic E-state index is 3.72. The Balaban J connectivity index is -0.000000343. The van der Waals surface area contributed by atoms with Gasteiger partial charge in [0.15, 0.2) is 0 Å². The lowest BCUT2D eigenvalue weighted by Gasteiger charge is -2.43. The van der Waals surface area contributed by atoms with E-state index in [-0.39, 0.29) is 0 Å². The van der Waals surface area contributed by atoms with Crippen LogP contribution >= 0.6 is 0 Å². The van der Waals surface area contributed by atoms with Crippen LogP contribution in [0.4, 0.5) is 0 Å². The van der Waals surface area contributed by atoms with Crippen LogP contribution in [0.1, 0.15) is 88.5 Å². The quantitative estimate of drug-likeness (QED) is 0.435. The summed E-state index contributed by atoms with van der Waals surface area (Å²) in [5.41, 5.74) is 3.20. The fourth-order valence-electron chi connectivity index (χ4n) is 2.64. The van der Waals surface area contributed by atoms with Gasteiger partial charge >= 0.3 is 0 Å². The van der Waals surface area contributed by atoms with Crippen molar-refractivity contribution < 1.29 is 0 Å². The Bertz CT molecular complexity index is 409. The van der Waals surface area contributed by atoms with Gasteiger partial charge in [-0.3, -0.25) is 0 Å². The maximum Gasteiger partial charge on any atom is -0.0323 e. The highest BCUT2D eigenvalue weighted by Crippen LogP contribution is 2.47. The number of allylic oxidation sites excluding steroid dienone is 9. The van der Waals surface area contributed by atoms with Crippen LogP contribution < -0.4 is 0 Å². The normalized spacial score (nSPS) is 22.7. The largest absolute Gasteiger partial charge is 0.0988 e. The second-order valence-corrected chi connectivity index (χ2v) is 6.52. The second-order valence-electron chi connectivity index (χ2n) is 6.52. The minimum Gasteiger partial charge on any atom is -0.0988 e. The van der Waals surface area contributed by atoms with Crippen LogP contribution in [-0.4, -0.2) is 0 Å². The summed E-state index contributed by atoms with van der Waals surface area (Å²) in [4.78, 5) is 0. The fraction of sp³-hybridized carbons (Fsp3) is 0.600. The first-order valence-corrected chi connectivity index (χ1v) is 10.1. The molecule has 0 aromatic carbocycles. The number of hydrogen-bond donors (Lipinski definition) is 0. The van der Waals surface area contributed by atoms with E-state index >= 15 is 0 Å². The molecule has 1 fully saturated rings. The highest BCUT2D eigenvalue weighted by Gasteiger charge is 2.35. The molecule has 1 saturated carbocycles. The summed E-state index contributed by atoms with van der Waals surface area (Å²) >= 11 is 0. The average molecular weight is 347 g/mol. The Morgan fingerprint density at radius 1 is 0.960 bits per heavy atom. The zero-order valence-corrected chi connectivity index (χ0v) is 18.9. The summed E-state index contributed by atoms with van der Waals surface area (Å²) in [5.74, 6) is 1.01. The van der Waals surface area contributed by atoms with Crippen molar-refractivity contribution in [3.8, 4) is 0 Å². The molecule has 146 valence electrons. The molecule has 0 spiro atoms. The molecular weight excluding hydrogens is 300 g/mol. The van der Waals surface area contributed by atoms with Crippen LogP contribution in [0.2, 0.25) is 0 Å². The predicted octanol–water partition coefficient (Wildman–Crippen LogP) is 9.08. The van der Waals surface area contributed by atoms with Gasteiger partial charge in [0.1, 0.15) is 0 Å². The lowest BCUT2D eigenvalue weighted by atomic mass is 9.63. The molecule has 0 radical (unpaired) electrons. The van der Waals surface area contributed by atoms with Gasteiger partial charge in [-0.15, -0.1) is 0 Å². The van der Waals surface area contributed by atoms with Gasteiger partial charge < -0.3 is 0 Å². The molecule has 1 aliphatic carbocycles. The summed E-state index contributed by atoms with van der Waals surface area (Å²) < 4.78 is 0. The molecular formula is C25H46. The molecule has 0 aliphatic heterocycles. The molecule has 0 bridgehead atoms. The standard InChI is InChI=1S/C13H18.C8H16.2C2H6/c1-5-7-8-9-10-11-13(4)12(3)6-2;1-4-8(3)5-7(2)6-8;2*1-2/h5-11H,2H2,1,3-4H3;7H,4-6H2,1-3H3;2*1-2H3/b7-5-,9-8-,11-10+,13-12+;;;. The molecule has 0 aromatic heterocycles. The van der Waals surface area contributed by atoms with Crippen LogP contribution in [-0.2, 0) is 0 Å². The highest BCUT2D eigenvalue weighted by atomic mass is 14.4. The van der Waals surface area contributed by atoms with Gasteiger partial charge in [0.2, 0.25) is 0 Å². The van der Waals surface area contributed by atoms with E-state index in [0.717, 1.165) is 11.3 Å². The van der Waals surface area contributed by atoms with Gasteiger partial charge in [-0.05, 0) is 56.1 Å². The first-order valence-electron chi connectivity index (χ1n) is 10.1. The van der Waals surface area contributed by atoms with Crippen LogP contribution in [0.5, 0.6) is 0 Å². The average Bonchev–Trinajstić information content (AvgIpc) is 2.63. The summed E-state index contributed by atoms with van der Waals surface area (Å²) in [6.07, 6.45) is 18.3. The first-order chi connectivity index (χ1) is 11.9. The van der Waals surface area contributed by atoms with Crippen molar-refractivity contribution in [3.63, 3.8) is 0 Å². The lowest BCUT2D eigenvalue weighted by Crippen LogP contribution is -2.31. The minimum atomic E-state index is 0.736. The molecule has 0 atom stereocenters. The molecule has 1 rings (SSSR count). The zero-order valence-electron chi connectivity index (χ0n) is 18.9. The summed E-state index contributed by atoms with van der Waals surface area (Å²) in [7, 11) is 0. The van der Waals surface area contributed by atoms with Crippen LogP contribution in [0.25, 0.3) is 0 Å². The van der Waals surface area contributed by atoms with Gasteiger partial charge in [0, 0.05) is 0 Å². The van der Waals surface area contributed by atoms with E-state index in [4.69, 9.17) is 0 Å². The van der Waals surface area contributed by atoms with Gasteiger partial charge in [-0.2, -0.15) is 0 Å². The molecule has 25 heavy (non-hydrogen) atoms. The Morgan fingerprint density at radius 3 is 1.76 bits per heavy atom. The van der Waals surface area contributed by atoms with E-state index < -0.39 is 0 Å². The van der Waals surface area contributed by atoms with Crippen molar-refractivity contribution >= 4 is 0 Å². The molecule has 0 heterocycles. The summed E-state index contributed by atoms with van der Waals surface area (Å²) in [6, 6.07) is 0. The monoisotopic (exact) mass is 346 g/mol. The van der Waals surface area contributed by atoms with Crippen LogP contribution in [0.3, 0.4) is 0 Å². The Morgan fingerprint density at radius 2 is 1.44 bits per heavy atom. The van der Waals surface area contributed by atoms with Gasteiger partial charge in [-0.1, -0.05) is 104 Å². The number of rotatable bonds is 5. The fourth-order valence-corrected chi connectivity index (χ4v) is 2.64. The summed E-state index contributed by atoms with van der Waals surface area (Å²) in [6.45, 7) is 24.9. The third-order valence-corrected chi connectivity index (χ3v) is 4.34. The van der Waals surface area contributed by atoms with Gasteiger partial charge in [0.05, 0.1) is 0 Å². The van der Waals surface area contributed by atoms with Crippen LogP contribution in [0.15, 0.2) is 60.3 Å². The summed E-state index contributed by atoms with van der Waals surface area (Å²) in [5, 5.41) is 0. The predicted molar refractivity (Wildman–Crippen MR) is 121 cm³/mol. The van der Waals surface area contributed by atoms with Crippen molar-refractivity contribution in [2.75, 3.05) is 0 Å². The number of hydrogen-bond acceptors (Lipinski definition) is 0. The van der Waals surface area contributed by atoms with Crippen molar-refractivity contribution in [2.24, 2.45) is 11.3 Å². The Hall–Kier alpha value is -1.30. The van der Waals surface area contributed by atoms with E-state index in [2.05, 4.69) is 47.3 Å². The molecule has 0 amide bonds. The molecule has 0 aromatic rings.